The molecule has 7 heteroatoms. The van der Waals surface area contributed by atoms with Crippen LogP contribution in [0.2, 0.25) is 0 Å². The van der Waals surface area contributed by atoms with Gasteiger partial charge in [0.2, 0.25) is 0 Å². The molecule has 4 aromatic rings. The molecule has 0 saturated carbocycles. The predicted octanol–water partition coefficient (Wildman–Crippen LogP) is 4.99. The minimum absolute atomic E-state index is 0.406. The van der Waals surface area contributed by atoms with Crippen molar-refractivity contribution in [2.75, 3.05) is 19.0 Å². The van der Waals surface area contributed by atoms with E-state index in [1.165, 1.54) is 5.56 Å². The molecule has 1 aliphatic heterocycles. The fraction of sp³-hybridized carbons (Fsp3) is 0.233. The molecule has 0 saturated heterocycles. The van der Waals surface area contributed by atoms with Gasteiger partial charge in [-0.1, -0.05) is 48.5 Å². The molecule has 1 unspecified atom stereocenters. The van der Waals surface area contributed by atoms with Gasteiger partial charge in [-0.15, -0.1) is 0 Å². The number of amides is 1. The molecule has 1 amide bonds. The van der Waals surface area contributed by atoms with Crippen molar-refractivity contribution in [2.45, 2.75) is 32.5 Å². The largest absolute Gasteiger partial charge is 0.497 e. The van der Waals surface area contributed by atoms with E-state index < -0.39 is 18.0 Å². The molecule has 37 heavy (non-hydrogen) atoms. The highest BCUT2D eigenvalue weighted by molar-refractivity contribution is 6.06. The van der Waals surface area contributed by atoms with Gasteiger partial charge in [0.15, 0.2) is 6.10 Å². The van der Waals surface area contributed by atoms with Gasteiger partial charge < -0.3 is 14.8 Å². The third kappa shape index (κ3) is 5.47. The molecule has 1 atom stereocenters. The lowest BCUT2D eigenvalue weighted by atomic mass is 9.95. The van der Waals surface area contributed by atoms with Gasteiger partial charge >= 0.3 is 5.97 Å². The number of esters is 1. The topological polar surface area (TPSA) is 80.8 Å². The lowest BCUT2D eigenvalue weighted by Crippen LogP contribution is -2.34. The second-order valence-electron chi connectivity index (χ2n) is 9.14. The Morgan fingerprint density at radius 3 is 2.49 bits per heavy atom. The number of para-hydroxylation sites is 1. The molecule has 1 N–H and O–H groups in total. The van der Waals surface area contributed by atoms with Crippen molar-refractivity contribution in [3.63, 3.8) is 0 Å². The van der Waals surface area contributed by atoms with Gasteiger partial charge in [0.05, 0.1) is 18.2 Å². The Bertz CT molecular complexity index is 1420. The first-order valence-electron chi connectivity index (χ1n) is 12.3. The minimum atomic E-state index is -0.985. The van der Waals surface area contributed by atoms with Crippen molar-refractivity contribution in [3.8, 4) is 5.75 Å². The van der Waals surface area contributed by atoms with Crippen molar-refractivity contribution < 1.29 is 19.1 Å². The zero-order valence-corrected chi connectivity index (χ0v) is 20.9. The van der Waals surface area contributed by atoms with E-state index in [4.69, 9.17) is 14.5 Å². The summed E-state index contributed by atoms with van der Waals surface area (Å²) in [6, 6.07) is 24.8. The summed E-state index contributed by atoms with van der Waals surface area (Å²) < 4.78 is 10.9. The first-order valence-corrected chi connectivity index (χ1v) is 12.3. The van der Waals surface area contributed by atoms with Crippen LogP contribution in [0.1, 0.15) is 34.1 Å². The standard InChI is InChI=1S/C30H29N3O4/c1-20(29(34)31-22-12-14-23(36-2)15-13-22)37-30(35)28-24-10-6-7-11-26(24)32-27-16-17-33(19-25(27)28)18-21-8-4-3-5-9-21/h3-15,20H,16-19H2,1-2H3,(H,31,34). The SMILES string of the molecule is COc1ccc(NC(=O)C(C)OC(=O)c2c3c(nc4ccccc24)CCN(Cc2ccccc2)C3)cc1. The van der Waals surface area contributed by atoms with Crippen LogP contribution in [0, 0.1) is 0 Å². The molecule has 0 fully saturated rings. The number of pyridine rings is 1. The number of rotatable bonds is 7. The molecule has 0 bridgehead atoms. The van der Waals surface area contributed by atoms with Crippen LogP contribution in [0.15, 0.2) is 78.9 Å². The van der Waals surface area contributed by atoms with Crippen molar-refractivity contribution in [2.24, 2.45) is 0 Å². The second-order valence-corrected chi connectivity index (χ2v) is 9.14. The maximum atomic E-state index is 13.6. The number of hydrogen-bond donors (Lipinski definition) is 1. The van der Waals surface area contributed by atoms with Crippen molar-refractivity contribution in [3.05, 3.63) is 101 Å². The normalized spacial score (nSPS) is 14.0. The molecule has 0 aliphatic carbocycles. The van der Waals surface area contributed by atoms with E-state index in [1.54, 1.807) is 38.3 Å². The lowest BCUT2D eigenvalue weighted by Gasteiger charge is -2.30. The van der Waals surface area contributed by atoms with Crippen LogP contribution >= 0.6 is 0 Å². The van der Waals surface area contributed by atoms with Crippen LogP contribution in [0.5, 0.6) is 5.75 Å². The highest BCUT2D eigenvalue weighted by atomic mass is 16.5. The maximum absolute atomic E-state index is 13.6. The summed E-state index contributed by atoms with van der Waals surface area (Å²) in [5.41, 5.74) is 4.83. The first kappa shape index (κ1) is 24.5. The van der Waals surface area contributed by atoms with Crippen LogP contribution < -0.4 is 10.1 Å². The molecule has 188 valence electrons. The zero-order valence-electron chi connectivity index (χ0n) is 20.9. The fourth-order valence-electron chi connectivity index (χ4n) is 4.65. The highest BCUT2D eigenvalue weighted by Crippen LogP contribution is 2.30. The Labute approximate surface area is 216 Å². The van der Waals surface area contributed by atoms with E-state index in [1.807, 2.05) is 42.5 Å². The number of methoxy groups -OCH3 is 1. The number of ether oxygens (including phenoxy) is 2. The first-order chi connectivity index (χ1) is 18.0. The smallest absolute Gasteiger partial charge is 0.339 e. The van der Waals surface area contributed by atoms with Crippen molar-refractivity contribution in [1.82, 2.24) is 9.88 Å². The van der Waals surface area contributed by atoms with Crippen LogP contribution in [-0.2, 0) is 29.0 Å². The molecule has 5 rings (SSSR count). The summed E-state index contributed by atoms with van der Waals surface area (Å²) >= 11 is 0. The molecule has 7 nitrogen and oxygen atoms in total. The summed E-state index contributed by atoms with van der Waals surface area (Å²) in [5, 5.41) is 3.52. The lowest BCUT2D eigenvalue weighted by molar-refractivity contribution is -0.123. The Hall–Kier alpha value is -4.23. The highest BCUT2D eigenvalue weighted by Gasteiger charge is 2.28. The van der Waals surface area contributed by atoms with Gasteiger partial charge in [0.1, 0.15) is 5.75 Å². The Morgan fingerprint density at radius 1 is 1.00 bits per heavy atom. The number of hydrogen-bond acceptors (Lipinski definition) is 6. The third-order valence-electron chi connectivity index (χ3n) is 6.59. The molecular formula is C30H29N3O4. The fourth-order valence-corrected chi connectivity index (χ4v) is 4.65. The molecule has 0 spiro atoms. The summed E-state index contributed by atoms with van der Waals surface area (Å²) in [6.07, 6.45) is -0.248. The van der Waals surface area contributed by atoms with Crippen LogP contribution in [0.4, 0.5) is 5.69 Å². The number of anilines is 1. The van der Waals surface area contributed by atoms with Gasteiger partial charge in [0, 0.05) is 48.4 Å². The Balaban J connectivity index is 1.38. The van der Waals surface area contributed by atoms with Crippen molar-refractivity contribution >= 4 is 28.5 Å². The van der Waals surface area contributed by atoms with E-state index >= 15 is 0 Å². The maximum Gasteiger partial charge on any atom is 0.339 e. The predicted molar refractivity (Wildman–Crippen MR) is 143 cm³/mol. The molecule has 3 aromatic carbocycles. The number of nitrogens with zero attached hydrogens (tertiary/aromatic N) is 2. The van der Waals surface area contributed by atoms with E-state index in [0.717, 1.165) is 41.7 Å². The monoisotopic (exact) mass is 495 g/mol. The number of benzene rings is 3. The summed E-state index contributed by atoms with van der Waals surface area (Å²) in [5.74, 6) is -0.238. The number of carbonyl (C=O) groups is 2. The molecule has 2 heterocycles. The van der Waals surface area contributed by atoms with Gasteiger partial charge in [-0.2, -0.15) is 0 Å². The van der Waals surface area contributed by atoms with Crippen LogP contribution in [-0.4, -0.2) is 41.5 Å². The average Bonchev–Trinajstić information content (AvgIpc) is 2.92. The van der Waals surface area contributed by atoms with E-state index in [0.29, 0.717) is 23.5 Å². The Kier molecular flexibility index (Phi) is 7.14. The average molecular weight is 496 g/mol. The second kappa shape index (κ2) is 10.8. The molecular weight excluding hydrogens is 466 g/mol. The third-order valence-corrected chi connectivity index (χ3v) is 6.59. The summed E-state index contributed by atoms with van der Waals surface area (Å²) in [4.78, 5) is 33.6. The van der Waals surface area contributed by atoms with Gasteiger partial charge in [0.25, 0.3) is 5.91 Å². The molecule has 1 aliphatic rings. The summed E-state index contributed by atoms with van der Waals surface area (Å²) in [6.45, 7) is 3.79. The molecule has 1 aromatic heterocycles. The van der Waals surface area contributed by atoms with Crippen LogP contribution in [0.3, 0.4) is 0 Å². The van der Waals surface area contributed by atoms with Gasteiger partial charge in [-0.05, 0) is 42.8 Å². The van der Waals surface area contributed by atoms with E-state index in [-0.39, 0.29) is 0 Å². The van der Waals surface area contributed by atoms with Crippen LogP contribution in [0.25, 0.3) is 10.9 Å². The number of nitrogens with one attached hydrogen (secondary N) is 1. The quantitative estimate of drug-likeness (QED) is 0.364. The number of aromatic nitrogens is 1. The van der Waals surface area contributed by atoms with Crippen molar-refractivity contribution in [1.29, 1.82) is 0 Å². The van der Waals surface area contributed by atoms with Gasteiger partial charge in [-0.3, -0.25) is 14.7 Å². The number of fused-ring (bicyclic) bond motifs is 2. The minimum Gasteiger partial charge on any atom is -0.497 e. The Morgan fingerprint density at radius 2 is 1.73 bits per heavy atom. The van der Waals surface area contributed by atoms with Gasteiger partial charge in [-0.25, -0.2) is 4.79 Å². The van der Waals surface area contributed by atoms with E-state index in [2.05, 4.69) is 22.3 Å². The zero-order chi connectivity index (χ0) is 25.8. The number of carbonyl (C=O) groups excluding carboxylic acids is 2. The van der Waals surface area contributed by atoms with E-state index in [9.17, 15) is 9.59 Å². The molecule has 0 radical (unpaired) electrons. The summed E-state index contributed by atoms with van der Waals surface area (Å²) in [7, 11) is 1.58.